The van der Waals surface area contributed by atoms with Crippen LogP contribution in [0.25, 0.3) is 0 Å². The van der Waals surface area contributed by atoms with Crippen LogP contribution in [0.3, 0.4) is 0 Å². The van der Waals surface area contributed by atoms with E-state index >= 15 is 0 Å². The molecule has 2 heterocycles. The number of carbonyl (C=O) groups is 2. The van der Waals surface area contributed by atoms with Gasteiger partial charge < -0.3 is 13.9 Å². The van der Waals surface area contributed by atoms with Gasteiger partial charge in [0.25, 0.3) is 0 Å². The van der Waals surface area contributed by atoms with Gasteiger partial charge in [0, 0.05) is 18.9 Å². The highest BCUT2D eigenvalue weighted by Crippen LogP contribution is 2.32. The summed E-state index contributed by atoms with van der Waals surface area (Å²) in [7, 11) is 0. The minimum atomic E-state index is -0.561. The summed E-state index contributed by atoms with van der Waals surface area (Å²) in [6, 6.07) is 1.43. The summed E-state index contributed by atoms with van der Waals surface area (Å²) in [5, 5.41) is 0. The van der Waals surface area contributed by atoms with Gasteiger partial charge in [-0.05, 0) is 33.3 Å². The number of nitrogens with zero attached hydrogens (tertiary/aromatic N) is 1. The van der Waals surface area contributed by atoms with Crippen molar-refractivity contribution in [1.29, 1.82) is 0 Å². The van der Waals surface area contributed by atoms with Crippen LogP contribution in [0.2, 0.25) is 0 Å². The Hall–Kier alpha value is -1.82. The molecular weight excluding hydrogens is 298 g/mol. The maximum absolute atomic E-state index is 12.7. The lowest BCUT2D eigenvalue weighted by Gasteiger charge is -2.40. The molecule has 2 unspecified atom stereocenters. The normalized spacial score (nSPS) is 25.2. The van der Waals surface area contributed by atoms with E-state index in [1.165, 1.54) is 0 Å². The van der Waals surface area contributed by atoms with E-state index in [4.69, 9.17) is 13.9 Å². The molecule has 0 N–H and O–H groups in total. The number of hydrogen-bond donors (Lipinski definition) is 0. The van der Waals surface area contributed by atoms with Gasteiger partial charge in [-0.15, -0.1) is 0 Å². The predicted octanol–water partition coefficient (Wildman–Crippen LogP) is 2.66. The first-order valence-electron chi connectivity index (χ1n) is 8.05. The Balaban J connectivity index is 1.79. The number of amides is 1. The number of rotatable bonds is 1. The fourth-order valence-electron chi connectivity index (χ4n) is 3.24. The number of aryl methyl sites for hydroxylation is 1. The number of fused-ring (bicyclic) bond motifs is 1. The summed E-state index contributed by atoms with van der Waals surface area (Å²) < 4.78 is 16.4. The van der Waals surface area contributed by atoms with E-state index in [2.05, 4.69) is 0 Å². The molecular formula is C17H23NO5. The van der Waals surface area contributed by atoms with Crippen LogP contribution in [0.15, 0.2) is 16.7 Å². The average molecular weight is 321 g/mol. The molecule has 0 aromatic carbocycles. The lowest BCUT2D eigenvalue weighted by molar-refractivity contribution is -0.0444. The Kier molecular flexibility index (Phi) is 4.19. The summed E-state index contributed by atoms with van der Waals surface area (Å²) in [6.07, 6.45) is 2.54. The highest BCUT2D eigenvalue weighted by atomic mass is 16.6. The molecule has 23 heavy (non-hydrogen) atoms. The van der Waals surface area contributed by atoms with Crippen LogP contribution in [0.5, 0.6) is 0 Å². The van der Waals surface area contributed by atoms with Crippen LogP contribution in [-0.2, 0) is 15.9 Å². The smallest absolute Gasteiger partial charge is 0.410 e. The Bertz CT molecular complexity index is 600. The largest absolute Gasteiger partial charge is 0.469 e. The maximum atomic E-state index is 12.7. The fourth-order valence-corrected chi connectivity index (χ4v) is 3.24. The minimum Gasteiger partial charge on any atom is -0.469 e. The monoisotopic (exact) mass is 321 g/mol. The molecule has 0 saturated carbocycles. The van der Waals surface area contributed by atoms with Crippen molar-refractivity contribution < 1.29 is 23.5 Å². The molecule has 1 aromatic rings. The van der Waals surface area contributed by atoms with Crippen molar-refractivity contribution in [3.8, 4) is 0 Å². The van der Waals surface area contributed by atoms with E-state index in [-0.39, 0.29) is 23.8 Å². The second-order valence-corrected chi connectivity index (χ2v) is 7.08. The first kappa shape index (κ1) is 16.1. The van der Waals surface area contributed by atoms with E-state index in [1.807, 2.05) is 20.8 Å². The summed E-state index contributed by atoms with van der Waals surface area (Å²) in [6.45, 7) is 6.79. The zero-order chi connectivity index (χ0) is 16.6. The Morgan fingerprint density at radius 3 is 2.91 bits per heavy atom. The Morgan fingerprint density at radius 2 is 2.17 bits per heavy atom. The quantitative estimate of drug-likeness (QED) is 0.795. The Morgan fingerprint density at radius 1 is 1.39 bits per heavy atom. The third kappa shape index (κ3) is 3.27. The van der Waals surface area contributed by atoms with Crippen molar-refractivity contribution in [2.75, 3.05) is 19.8 Å². The maximum Gasteiger partial charge on any atom is 0.410 e. The highest BCUT2D eigenvalue weighted by molar-refractivity contribution is 6.00. The van der Waals surface area contributed by atoms with Gasteiger partial charge in [0.1, 0.15) is 11.4 Å². The molecule has 1 aliphatic heterocycles. The Labute approximate surface area is 135 Å². The molecule has 1 fully saturated rings. The zero-order valence-electron chi connectivity index (χ0n) is 13.8. The van der Waals surface area contributed by atoms with Crippen molar-refractivity contribution in [2.24, 2.45) is 5.92 Å². The molecule has 0 bridgehead atoms. The summed E-state index contributed by atoms with van der Waals surface area (Å²) in [5.74, 6) is 0.503. The molecule has 1 amide bonds. The van der Waals surface area contributed by atoms with E-state index in [1.54, 1.807) is 17.2 Å². The van der Waals surface area contributed by atoms with Gasteiger partial charge in [-0.1, -0.05) is 0 Å². The van der Waals surface area contributed by atoms with Gasteiger partial charge in [-0.3, -0.25) is 9.69 Å². The van der Waals surface area contributed by atoms with Gasteiger partial charge >= 0.3 is 6.09 Å². The second-order valence-electron chi connectivity index (χ2n) is 7.08. The van der Waals surface area contributed by atoms with E-state index in [0.717, 1.165) is 5.76 Å². The highest BCUT2D eigenvalue weighted by Gasteiger charge is 2.42. The third-order valence-corrected chi connectivity index (χ3v) is 4.29. The number of Topliss-reactive ketones (excluding diaryl/α,β-unsaturated/α-hetero) is 1. The molecule has 1 aromatic heterocycles. The molecule has 126 valence electrons. The van der Waals surface area contributed by atoms with Crippen LogP contribution in [-0.4, -0.2) is 48.2 Å². The molecule has 2 aliphatic rings. The molecule has 2 atom stereocenters. The molecule has 1 aliphatic carbocycles. The van der Waals surface area contributed by atoms with Crippen LogP contribution >= 0.6 is 0 Å². The topological polar surface area (TPSA) is 69.0 Å². The van der Waals surface area contributed by atoms with Crippen molar-refractivity contribution in [2.45, 2.75) is 45.3 Å². The lowest BCUT2D eigenvalue weighted by Crippen LogP contribution is -2.55. The van der Waals surface area contributed by atoms with Gasteiger partial charge in [-0.2, -0.15) is 0 Å². The van der Waals surface area contributed by atoms with Crippen LogP contribution < -0.4 is 0 Å². The van der Waals surface area contributed by atoms with Crippen LogP contribution in [0, 0.1) is 5.92 Å². The second kappa shape index (κ2) is 6.00. The molecule has 3 rings (SSSR count). The van der Waals surface area contributed by atoms with Gasteiger partial charge in [0.15, 0.2) is 5.78 Å². The van der Waals surface area contributed by atoms with Crippen LogP contribution in [0.4, 0.5) is 4.79 Å². The van der Waals surface area contributed by atoms with E-state index in [9.17, 15) is 9.59 Å². The molecule has 1 saturated heterocycles. The zero-order valence-corrected chi connectivity index (χ0v) is 13.8. The fraction of sp³-hybridized carbons (Fsp3) is 0.647. The minimum absolute atomic E-state index is 0.0315. The number of hydrogen-bond acceptors (Lipinski definition) is 5. The number of ether oxygens (including phenoxy) is 2. The summed E-state index contributed by atoms with van der Waals surface area (Å²) >= 11 is 0. The van der Waals surface area contributed by atoms with E-state index < -0.39 is 5.60 Å². The molecule has 6 nitrogen and oxygen atoms in total. The number of furan rings is 1. The standard InChI is InChI=1S/C17H23NO5/c1-17(2,3)23-16(20)18-7-9-21-10-13(18)11-4-5-14-12(15(11)19)6-8-22-14/h6,8,11,13H,4-5,7,9-10H2,1-3H3. The first-order valence-corrected chi connectivity index (χ1v) is 8.05. The molecule has 0 radical (unpaired) electrons. The average Bonchev–Trinajstić information content (AvgIpc) is 2.95. The first-order chi connectivity index (χ1) is 10.9. The third-order valence-electron chi connectivity index (χ3n) is 4.29. The molecule has 6 heteroatoms. The number of carbonyl (C=O) groups excluding carboxylic acids is 2. The van der Waals surface area contributed by atoms with Gasteiger partial charge in [-0.25, -0.2) is 4.79 Å². The number of morpholine rings is 1. The van der Waals surface area contributed by atoms with Crippen molar-refractivity contribution >= 4 is 11.9 Å². The van der Waals surface area contributed by atoms with Gasteiger partial charge in [0.2, 0.25) is 0 Å². The van der Waals surface area contributed by atoms with Crippen molar-refractivity contribution in [3.63, 3.8) is 0 Å². The van der Waals surface area contributed by atoms with Crippen molar-refractivity contribution in [1.82, 2.24) is 4.90 Å². The predicted molar refractivity (Wildman–Crippen MR) is 82.4 cm³/mol. The lowest BCUT2D eigenvalue weighted by atomic mass is 9.81. The van der Waals surface area contributed by atoms with Gasteiger partial charge in [0.05, 0.1) is 31.1 Å². The van der Waals surface area contributed by atoms with E-state index in [0.29, 0.717) is 38.2 Å². The summed E-state index contributed by atoms with van der Waals surface area (Å²) in [5.41, 5.74) is 0.0739. The number of ketones is 1. The van der Waals surface area contributed by atoms with Crippen LogP contribution in [0.1, 0.15) is 43.3 Å². The van der Waals surface area contributed by atoms with Crippen molar-refractivity contribution in [3.05, 3.63) is 23.7 Å². The SMILES string of the molecule is CC(C)(C)OC(=O)N1CCOCC1C1CCc2occc2C1=O. The summed E-state index contributed by atoms with van der Waals surface area (Å²) in [4.78, 5) is 26.9. The molecule has 0 spiro atoms.